The number of hydrogen-bond acceptors (Lipinski definition) is 5. The van der Waals surface area contributed by atoms with Crippen molar-refractivity contribution in [1.82, 2.24) is 0 Å². The zero-order chi connectivity index (χ0) is 18.8. The van der Waals surface area contributed by atoms with Crippen LogP contribution >= 0.6 is 0 Å². The van der Waals surface area contributed by atoms with Gasteiger partial charge in [-0.05, 0) is 48.6 Å². The molecule has 0 saturated heterocycles. The van der Waals surface area contributed by atoms with Crippen LogP contribution in [-0.4, -0.2) is 27.1 Å². The number of carbonyl (C=O) groups excluding carboxylic acids is 1. The Morgan fingerprint density at radius 3 is 2.15 bits per heavy atom. The number of halogens is 1. The molecule has 2 unspecified atom stereocenters. The minimum atomic E-state index is -0.444. The SMILES string of the molecule is COc1cc(C(=O)C2CCC2c2ccc(F)c(N)c2)cc(OC)c1OC. The summed E-state index contributed by atoms with van der Waals surface area (Å²) in [5, 5.41) is 0. The van der Waals surface area contributed by atoms with E-state index in [1.165, 1.54) is 27.4 Å². The lowest BCUT2D eigenvalue weighted by atomic mass is 9.67. The second-order valence-corrected chi connectivity index (χ2v) is 6.35. The number of benzene rings is 2. The lowest BCUT2D eigenvalue weighted by Crippen LogP contribution is -2.31. The molecule has 6 heteroatoms. The normalized spacial score (nSPS) is 18.8. The van der Waals surface area contributed by atoms with E-state index in [-0.39, 0.29) is 23.3 Å². The molecule has 3 rings (SSSR count). The fourth-order valence-electron chi connectivity index (χ4n) is 3.44. The van der Waals surface area contributed by atoms with E-state index in [9.17, 15) is 9.18 Å². The molecule has 2 N–H and O–H groups in total. The van der Waals surface area contributed by atoms with Gasteiger partial charge >= 0.3 is 0 Å². The summed E-state index contributed by atoms with van der Waals surface area (Å²) in [5.74, 6) is 0.744. The van der Waals surface area contributed by atoms with Crippen molar-refractivity contribution >= 4 is 11.5 Å². The first-order valence-corrected chi connectivity index (χ1v) is 8.39. The van der Waals surface area contributed by atoms with Gasteiger partial charge in [0.25, 0.3) is 0 Å². The van der Waals surface area contributed by atoms with Crippen LogP contribution in [0.2, 0.25) is 0 Å². The predicted molar refractivity (Wildman–Crippen MR) is 96.7 cm³/mol. The van der Waals surface area contributed by atoms with Crippen LogP contribution < -0.4 is 19.9 Å². The summed E-state index contributed by atoms with van der Waals surface area (Å²) in [6.45, 7) is 0. The highest BCUT2D eigenvalue weighted by Gasteiger charge is 2.38. The van der Waals surface area contributed by atoms with Gasteiger partial charge in [-0.25, -0.2) is 4.39 Å². The number of nitrogens with two attached hydrogens (primary N) is 1. The first kappa shape index (κ1) is 18.0. The van der Waals surface area contributed by atoms with Crippen molar-refractivity contribution in [3.63, 3.8) is 0 Å². The van der Waals surface area contributed by atoms with Crippen LogP contribution in [0.3, 0.4) is 0 Å². The highest BCUT2D eigenvalue weighted by Crippen LogP contribution is 2.46. The van der Waals surface area contributed by atoms with Crippen molar-refractivity contribution in [1.29, 1.82) is 0 Å². The van der Waals surface area contributed by atoms with Gasteiger partial charge in [-0.1, -0.05) is 6.07 Å². The molecule has 1 aliphatic carbocycles. The molecule has 0 heterocycles. The number of hydrogen-bond donors (Lipinski definition) is 1. The molecule has 1 fully saturated rings. The van der Waals surface area contributed by atoms with Crippen molar-refractivity contribution in [3.8, 4) is 17.2 Å². The maximum Gasteiger partial charge on any atom is 0.203 e. The number of nitrogen functional groups attached to an aromatic ring is 1. The van der Waals surface area contributed by atoms with Crippen LogP contribution in [0.15, 0.2) is 30.3 Å². The summed E-state index contributed by atoms with van der Waals surface area (Å²) in [4.78, 5) is 13.0. The largest absolute Gasteiger partial charge is 0.493 e. The van der Waals surface area contributed by atoms with Gasteiger partial charge in [-0.15, -0.1) is 0 Å². The van der Waals surface area contributed by atoms with Gasteiger partial charge in [0.2, 0.25) is 5.75 Å². The zero-order valence-corrected chi connectivity index (χ0v) is 15.0. The van der Waals surface area contributed by atoms with Crippen LogP contribution in [0.4, 0.5) is 10.1 Å². The quantitative estimate of drug-likeness (QED) is 0.627. The molecule has 2 aromatic carbocycles. The third-order valence-electron chi connectivity index (χ3n) is 5.01. The van der Waals surface area contributed by atoms with Crippen molar-refractivity contribution in [2.75, 3.05) is 27.1 Å². The van der Waals surface area contributed by atoms with Gasteiger partial charge in [0.15, 0.2) is 17.3 Å². The minimum Gasteiger partial charge on any atom is -0.493 e. The molecule has 0 spiro atoms. The Morgan fingerprint density at radius 2 is 1.69 bits per heavy atom. The van der Waals surface area contributed by atoms with Crippen LogP contribution in [0.1, 0.15) is 34.7 Å². The number of carbonyl (C=O) groups is 1. The van der Waals surface area contributed by atoms with Gasteiger partial charge in [-0.2, -0.15) is 0 Å². The van der Waals surface area contributed by atoms with Crippen LogP contribution in [-0.2, 0) is 0 Å². The second kappa shape index (κ2) is 7.23. The van der Waals surface area contributed by atoms with E-state index in [1.54, 1.807) is 24.3 Å². The Morgan fingerprint density at radius 1 is 1.04 bits per heavy atom. The average Bonchev–Trinajstić information content (AvgIpc) is 2.62. The molecule has 1 aliphatic rings. The zero-order valence-electron chi connectivity index (χ0n) is 15.0. The molecular weight excluding hydrogens is 337 g/mol. The molecule has 5 nitrogen and oxygen atoms in total. The van der Waals surface area contributed by atoms with E-state index >= 15 is 0 Å². The monoisotopic (exact) mass is 359 g/mol. The lowest BCUT2D eigenvalue weighted by molar-refractivity contribution is 0.0818. The summed E-state index contributed by atoms with van der Waals surface area (Å²) >= 11 is 0. The lowest BCUT2D eigenvalue weighted by Gasteiger charge is -2.36. The maximum atomic E-state index is 13.4. The molecule has 0 aliphatic heterocycles. The van der Waals surface area contributed by atoms with Crippen LogP contribution in [0.5, 0.6) is 17.2 Å². The highest BCUT2D eigenvalue weighted by atomic mass is 19.1. The van der Waals surface area contributed by atoms with Gasteiger partial charge in [0, 0.05) is 11.5 Å². The van der Waals surface area contributed by atoms with Crippen molar-refractivity contribution in [2.45, 2.75) is 18.8 Å². The summed E-state index contributed by atoms with van der Waals surface area (Å²) in [7, 11) is 4.54. The number of anilines is 1. The molecule has 0 bridgehead atoms. The third-order valence-corrected chi connectivity index (χ3v) is 5.01. The van der Waals surface area contributed by atoms with E-state index in [2.05, 4.69) is 0 Å². The number of rotatable bonds is 6. The summed E-state index contributed by atoms with van der Waals surface area (Å²) in [6.07, 6.45) is 1.64. The van der Waals surface area contributed by atoms with Gasteiger partial charge in [0.05, 0.1) is 27.0 Å². The first-order chi connectivity index (χ1) is 12.5. The second-order valence-electron chi connectivity index (χ2n) is 6.35. The predicted octanol–water partition coefficient (Wildman–Crippen LogP) is 3.81. The first-order valence-electron chi connectivity index (χ1n) is 8.39. The fourth-order valence-corrected chi connectivity index (χ4v) is 3.44. The van der Waals surface area contributed by atoms with Crippen LogP contribution in [0, 0.1) is 11.7 Å². The smallest absolute Gasteiger partial charge is 0.203 e. The summed E-state index contributed by atoms with van der Waals surface area (Å²) in [5.41, 5.74) is 7.17. The topological polar surface area (TPSA) is 70.8 Å². The van der Waals surface area contributed by atoms with Gasteiger partial charge in [0.1, 0.15) is 5.82 Å². The molecule has 0 radical (unpaired) electrons. The Kier molecular flexibility index (Phi) is 5.02. The van der Waals surface area contributed by atoms with E-state index in [0.717, 1.165) is 18.4 Å². The van der Waals surface area contributed by atoms with Crippen LogP contribution in [0.25, 0.3) is 0 Å². The van der Waals surface area contributed by atoms with E-state index < -0.39 is 5.82 Å². The number of methoxy groups -OCH3 is 3. The summed E-state index contributed by atoms with van der Waals surface area (Å²) < 4.78 is 29.4. The molecule has 26 heavy (non-hydrogen) atoms. The van der Waals surface area contributed by atoms with Crippen molar-refractivity contribution in [3.05, 3.63) is 47.3 Å². The van der Waals surface area contributed by atoms with E-state index in [0.29, 0.717) is 22.8 Å². The molecule has 0 amide bonds. The standard InChI is InChI=1S/C20H22FNO4/c1-24-17-9-12(10-18(25-2)20(17)26-3)19(23)14-6-5-13(14)11-4-7-15(21)16(22)8-11/h4,7-10,13-14H,5-6,22H2,1-3H3. The molecule has 1 saturated carbocycles. The number of ketones is 1. The third kappa shape index (κ3) is 3.07. The Balaban J connectivity index is 1.90. The minimum absolute atomic E-state index is 0.00315. The fraction of sp³-hybridized carbons (Fsp3) is 0.350. The van der Waals surface area contributed by atoms with Crippen molar-refractivity contribution < 1.29 is 23.4 Å². The van der Waals surface area contributed by atoms with E-state index in [4.69, 9.17) is 19.9 Å². The average molecular weight is 359 g/mol. The molecule has 2 atom stereocenters. The van der Waals surface area contributed by atoms with Gasteiger partial charge in [-0.3, -0.25) is 4.79 Å². The Hall–Kier alpha value is -2.76. The summed E-state index contributed by atoms with van der Waals surface area (Å²) in [6, 6.07) is 8.00. The Labute approximate surface area is 151 Å². The molecule has 0 aromatic heterocycles. The van der Waals surface area contributed by atoms with Crippen molar-refractivity contribution in [2.24, 2.45) is 5.92 Å². The van der Waals surface area contributed by atoms with E-state index in [1.807, 2.05) is 0 Å². The number of ether oxygens (including phenoxy) is 3. The molecule has 138 valence electrons. The number of Topliss-reactive ketones (excluding diaryl/α,β-unsaturated/α-hetero) is 1. The Bertz CT molecular complexity index is 812. The molecule has 2 aromatic rings. The maximum absolute atomic E-state index is 13.4. The van der Waals surface area contributed by atoms with Gasteiger partial charge < -0.3 is 19.9 Å². The molecular formula is C20H22FNO4. The highest BCUT2D eigenvalue weighted by molar-refractivity contribution is 6.00.